The van der Waals surface area contributed by atoms with Crippen LogP contribution in [-0.2, 0) is 6.54 Å². The van der Waals surface area contributed by atoms with E-state index < -0.39 is 0 Å². The smallest absolute Gasteiger partial charge is 0.0403 e. The number of hydrogen-bond acceptors (Lipinski definition) is 1. The van der Waals surface area contributed by atoms with Crippen LogP contribution in [0.25, 0.3) is 0 Å². The second kappa shape index (κ2) is 5.57. The Morgan fingerprint density at radius 2 is 1.83 bits per heavy atom. The van der Waals surface area contributed by atoms with Gasteiger partial charge < -0.3 is 5.32 Å². The van der Waals surface area contributed by atoms with Gasteiger partial charge in [0.2, 0.25) is 0 Å². The van der Waals surface area contributed by atoms with E-state index in [-0.39, 0.29) is 0 Å². The number of anilines is 1. The third-order valence-electron chi connectivity index (χ3n) is 3.24. The van der Waals surface area contributed by atoms with E-state index in [1.54, 1.807) is 0 Å². The Kier molecular flexibility index (Phi) is 4.07. The third kappa shape index (κ3) is 2.94. The molecule has 2 aromatic rings. The molecule has 0 bridgehead atoms. The van der Waals surface area contributed by atoms with Crippen LogP contribution in [0.2, 0.25) is 0 Å². The first kappa shape index (κ1) is 13.2. The summed E-state index contributed by atoms with van der Waals surface area (Å²) in [6.45, 7) is 7.28. The molecule has 94 valence electrons. The van der Waals surface area contributed by atoms with Gasteiger partial charge in [-0.2, -0.15) is 0 Å². The van der Waals surface area contributed by atoms with Crippen molar-refractivity contribution in [3.8, 4) is 0 Å². The first-order valence-electron chi connectivity index (χ1n) is 6.13. The third-order valence-corrected chi connectivity index (χ3v) is 4.09. The van der Waals surface area contributed by atoms with E-state index in [1.165, 1.54) is 27.9 Å². The molecule has 18 heavy (non-hydrogen) atoms. The first-order chi connectivity index (χ1) is 8.58. The molecule has 0 amide bonds. The van der Waals surface area contributed by atoms with Gasteiger partial charge in [0.1, 0.15) is 0 Å². The minimum absolute atomic E-state index is 0.864. The van der Waals surface area contributed by atoms with Crippen LogP contribution in [0.15, 0.2) is 40.9 Å². The molecule has 0 aliphatic carbocycles. The SMILES string of the molecule is Cc1ccc(CNc2cccc(Br)c2C)c(C)c1. The van der Waals surface area contributed by atoms with Crippen LogP contribution in [0.5, 0.6) is 0 Å². The largest absolute Gasteiger partial charge is 0.381 e. The summed E-state index contributed by atoms with van der Waals surface area (Å²) in [5.74, 6) is 0. The van der Waals surface area contributed by atoms with Gasteiger partial charge in [0, 0.05) is 16.7 Å². The summed E-state index contributed by atoms with van der Waals surface area (Å²) < 4.78 is 1.15. The lowest BCUT2D eigenvalue weighted by atomic mass is 10.1. The minimum atomic E-state index is 0.864. The van der Waals surface area contributed by atoms with Crippen molar-refractivity contribution in [2.75, 3.05) is 5.32 Å². The van der Waals surface area contributed by atoms with Crippen molar-refractivity contribution in [2.45, 2.75) is 27.3 Å². The van der Waals surface area contributed by atoms with E-state index in [1.807, 2.05) is 0 Å². The van der Waals surface area contributed by atoms with Gasteiger partial charge >= 0.3 is 0 Å². The monoisotopic (exact) mass is 303 g/mol. The number of hydrogen-bond donors (Lipinski definition) is 1. The number of halogens is 1. The Balaban J connectivity index is 2.14. The first-order valence-corrected chi connectivity index (χ1v) is 6.92. The van der Waals surface area contributed by atoms with E-state index in [0.29, 0.717) is 0 Å². The van der Waals surface area contributed by atoms with Crippen molar-refractivity contribution in [2.24, 2.45) is 0 Å². The lowest BCUT2D eigenvalue weighted by Gasteiger charge is -2.12. The van der Waals surface area contributed by atoms with E-state index in [2.05, 4.69) is 78.4 Å². The Labute approximate surface area is 117 Å². The summed E-state index contributed by atoms with van der Waals surface area (Å²) >= 11 is 3.56. The van der Waals surface area contributed by atoms with Gasteiger partial charge in [0.05, 0.1) is 0 Å². The van der Waals surface area contributed by atoms with Gasteiger partial charge in [0.25, 0.3) is 0 Å². The average molecular weight is 304 g/mol. The highest BCUT2D eigenvalue weighted by Crippen LogP contribution is 2.24. The van der Waals surface area contributed by atoms with Crippen molar-refractivity contribution in [3.63, 3.8) is 0 Å². The van der Waals surface area contributed by atoms with Gasteiger partial charge in [-0.3, -0.25) is 0 Å². The quantitative estimate of drug-likeness (QED) is 0.842. The molecule has 0 spiro atoms. The van der Waals surface area contributed by atoms with Gasteiger partial charge in [0.15, 0.2) is 0 Å². The highest BCUT2D eigenvalue weighted by Gasteiger charge is 2.02. The van der Waals surface area contributed by atoms with E-state index in [9.17, 15) is 0 Å². The molecule has 2 heteroatoms. The fourth-order valence-electron chi connectivity index (χ4n) is 2.03. The molecule has 0 aliphatic heterocycles. The summed E-state index contributed by atoms with van der Waals surface area (Å²) in [6, 6.07) is 12.8. The lowest BCUT2D eigenvalue weighted by molar-refractivity contribution is 1.10. The van der Waals surface area contributed by atoms with Gasteiger partial charge in [-0.25, -0.2) is 0 Å². The predicted molar refractivity (Wildman–Crippen MR) is 82.1 cm³/mol. The van der Waals surface area contributed by atoms with Crippen molar-refractivity contribution in [1.29, 1.82) is 0 Å². The Hall–Kier alpha value is -1.28. The van der Waals surface area contributed by atoms with Crippen LogP contribution < -0.4 is 5.32 Å². The van der Waals surface area contributed by atoms with Crippen molar-refractivity contribution in [3.05, 3.63) is 63.1 Å². The average Bonchev–Trinajstić information content (AvgIpc) is 2.33. The maximum atomic E-state index is 3.56. The van der Waals surface area contributed by atoms with Crippen LogP contribution in [0.1, 0.15) is 22.3 Å². The number of benzene rings is 2. The zero-order valence-corrected chi connectivity index (χ0v) is 12.6. The Bertz CT molecular complexity index is 561. The summed E-state index contributed by atoms with van der Waals surface area (Å²) in [7, 11) is 0. The molecule has 0 radical (unpaired) electrons. The van der Waals surface area contributed by atoms with Crippen LogP contribution >= 0.6 is 15.9 Å². The minimum Gasteiger partial charge on any atom is -0.381 e. The van der Waals surface area contributed by atoms with Crippen molar-refractivity contribution >= 4 is 21.6 Å². The Morgan fingerprint density at radius 1 is 1.06 bits per heavy atom. The van der Waals surface area contributed by atoms with Crippen LogP contribution in [0.3, 0.4) is 0 Å². The van der Waals surface area contributed by atoms with Crippen molar-refractivity contribution < 1.29 is 0 Å². The van der Waals surface area contributed by atoms with E-state index in [0.717, 1.165) is 11.0 Å². The van der Waals surface area contributed by atoms with Gasteiger partial charge in [-0.05, 0) is 49.6 Å². The molecular weight excluding hydrogens is 286 g/mol. The standard InChI is InChI=1S/C16H18BrN/c1-11-7-8-14(12(2)9-11)10-18-16-6-4-5-15(17)13(16)3/h4-9,18H,10H2,1-3H3. The molecular formula is C16H18BrN. The number of nitrogens with one attached hydrogen (secondary N) is 1. The topological polar surface area (TPSA) is 12.0 Å². The molecule has 0 atom stereocenters. The fraction of sp³-hybridized carbons (Fsp3) is 0.250. The fourth-order valence-corrected chi connectivity index (χ4v) is 2.40. The lowest BCUT2D eigenvalue weighted by Crippen LogP contribution is -2.03. The molecule has 0 heterocycles. The molecule has 2 aromatic carbocycles. The maximum absolute atomic E-state index is 3.56. The normalized spacial score (nSPS) is 10.4. The predicted octanol–water partition coefficient (Wildman–Crippen LogP) is 4.99. The van der Waals surface area contributed by atoms with Gasteiger partial charge in [-0.1, -0.05) is 45.8 Å². The molecule has 0 saturated carbocycles. The number of rotatable bonds is 3. The molecule has 0 aromatic heterocycles. The molecule has 1 N–H and O–H groups in total. The van der Waals surface area contributed by atoms with Gasteiger partial charge in [-0.15, -0.1) is 0 Å². The van der Waals surface area contributed by atoms with E-state index >= 15 is 0 Å². The number of aryl methyl sites for hydroxylation is 2. The molecule has 0 unspecified atom stereocenters. The van der Waals surface area contributed by atoms with Crippen LogP contribution in [0.4, 0.5) is 5.69 Å². The van der Waals surface area contributed by atoms with Crippen LogP contribution in [0, 0.1) is 20.8 Å². The maximum Gasteiger partial charge on any atom is 0.0403 e. The highest BCUT2D eigenvalue weighted by atomic mass is 79.9. The summed E-state index contributed by atoms with van der Waals surface area (Å²) in [4.78, 5) is 0. The zero-order chi connectivity index (χ0) is 13.1. The second-order valence-electron chi connectivity index (χ2n) is 4.70. The zero-order valence-electron chi connectivity index (χ0n) is 11.0. The second-order valence-corrected chi connectivity index (χ2v) is 5.55. The molecule has 0 aliphatic rings. The molecule has 1 nitrogen and oxygen atoms in total. The Morgan fingerprint density at radius 3 is 2.56 bits per heavy atom. The highest BCUT2D eigenvalue weighted by molar-refractivity contribution is 9.10. The summed E-state index contributed by atoms with van der Waals surface area (Å²) in [6.07, 6.45) is 0. The molecule has 0 saturated heterocycles. The molecule has 2 rings (SSSR count). The van der Waals surface area contributed by atoms with E-state index in [4.69, 9.17) is 0 Å². The molecule has 0 fully saturated rings. The summed E-state index contributed by atoms with van der Waals surface area (Å²) in [5.41, 5.74) is 6.44. The van der Waals surface area contributed by atoms with Crippen molar-refractivity contribution in [1.82, 2.24) is 0 Å². The van der Waals surface area contributed by atoms with Crippen LogP contribution in [-0.4, -0.2) is 0 Å². The summed E-state index contributed by atoms with van der Waals surface area (Å²) in [5, 5.41) is 3.50.